The Balaban J connectivity index is 0.919. The predicted molar refractivity (Wildman–Crippen MR) is 136 cm³/mol. The van der Waals surface area contributed by atoms with Gasteiger partial charge in [-0.15, -0.1) is 0 Å². The number of carbonyl (C=O) groups is 1. The quantitative estimate of drug-likeness (QED) is 0.498. The number of nitrogens with one attached hydrogen (secondary N) is 1. The van der Waals surface area contributed by atoms with Crippen LogP contribution in [0.4, 0.5) is 10.3 Å². The monoisotopic (exact) mass is 504 g/mol. The molecule has 1 saturated heterocycles. The van der Waals surface area contributed by atoms with E-state index < -0.39 is 0 Å². The number of aromatic amines is 1. The number of nitrogens with zero attached hydrogens (tertiary/aromatic N) is 5. The average molecular weight is 505 g/mol. The van der Waals surface area contributed by atoms with Gasteiger partial charge >= 0.3 is 0 Å². The van der Waals surface area contributed by atoms with Crippen molar-refractivity contribution in [3.63, 3.8) is 0 Å². The Morgan fingerprint density at radius 2 is 1.97 bits per heavy atom. The highest BCUT2D eigenvalue weighted by atomic mass is 19.1. The van der Waals surface area contributed by atoms with Crippen LogP contribution in [0.3, 0.4) is 0 Å². The van der Waals surface area contributed by atoms with Crippen LogP contribution in [0.25, 0.3) is 0 Å². The first-order valence-electron chi connectivity index (χ1n) is 13.3. The Morgan fingerprint density at radius 1 is 1.16 bits per heavy atom. The van der Waals surface area contributed by atoms with E-state index in [2.05, 4.69) is 25.1 Å². The minimum absolute atomic E-state index is 0.0441. The number of H-pyrrole nitrogens is 1. The van der Waals surface area contributed by atoms with Gasteiger partial charge in [-0.05, 0) is 67.6 Å². The third kappa shape index (κ3) is 5.31. The lowest BCUT2D eigenvalue weighted by atomic mass is 9.90. The third-order valence-electron chi connectivity index (χ3n) is 8.17. The molecule has 6 rings (SSSR count). The summed E-state index contributed by atoms with van der Waals surface area (Å²) in [5, 5.41) is 6.89. The van der Waals surface area contributed by atoms with Crippen molar-refractivity contribution in [1.82, 2.24) is 25.1 Å². The summed E-state index contributed by atoms with van der Waals surface area (Å²) in [4.78, 5) is 25.6. The summed E-state index contributed by atoms with van der Waals surface area (Å²) in [6, 6.07) is 4.85. The molecule has 9 heteroatoms. The van der Waals surface area contributed by atoms with Crippen molar-refractivity contribution in [2.45, 2.75) is 52.1 Å². The van der Waals surface area contributed by atoms with E-state index in [0.29, 0.717) is 36.9 Å². The number of aromatic nitrogens is 4. The number of aryl methyl sites for hydroxylation is 1. The Hall–Kier alpha value is -3.49. The van der Waals surface area contributed by atoms with Gasteiger partial charge in [-0.2, -0.15) is 5.10 Å². The zero-order valence-corrected chi connectivity index (χ0v) is 21.2. The summed E-state index contributed by atoms with van der Waals surface area (Å²) >= 11 is 0. The molecule has 0 bridgehead atoms. The number of carbonyl (C=O) groups excluding carboxylic acids is 1. The minimum Gasteiger partial charge on any atom is -0.493 e. The molecule has 0 spiro atoms. The van der Waals surface area contributed by atoms with Crippen LogP contribution in [0.2, 0.25) is 0 Å². The molecule has 1 saturated carbocycles. The van der Waals surface area contributed by atoms with E-state index in [-0.39, 0.29) is 18.1 Å². The third-order valence-corrected chi connectivity index (χ3v) is 8.17. The zero-order valence-electron chi connectivity index (χ0n) is 21.2. The molecule has 37 heavy (non-hydrogen) atoms. The van der Waals surface area contributed by atoms with Crippen LogP contribution in [-0.4, -0.2) is 50.7 Å². The molecule has 0 radical (unpaired) electrons. The molecule has 3 aliphatic rings. The summed E-state index contributed by atoms with van der Waals surface area (Å²) < 4.78 is 20.6. The summed E-state index contributed by atoms with van der Waals surface area (Å²) in [7, 11) is 0. The van der Waals surface area contributed by atoms with E-state index in [0.717, 1.165) is 54.1 Å². The number of hydrogen-bond donors (Lipinski definition) is 1. The maximum absolute atomic E-state index is 14.7. The van der Waals surface area contributed by atoms with E-state index in [1.807, 2.05) is 19.3 Å². The number of piperidine rings is 1. The van der Waals surface area contributed by atoms with Crippen LogP contribution in [0.15, 0.2) is 36.8 Å². The molecule has 194 valence electrons. The van der Waals surface area contributed by atoms with Gasteiger partial charge in [0.15, 0.2) is 0 Å². The van der Waals surface area contributed by atoms with Crippen LogP contribution in [0, 0.1) is 30.5 Å². The lowest BCUT2D eigenvalue weighted by Crippen LogP contribution is -2.35. The summed E-state index contributed by atoms with van der Waals surface area (Å²) in [5.41, 5.74) is 3.47. The van der Waals surface area contributed by atoms with Crippen LogP contribution >= 0.6 is 0 Å². The molecule has 3 aromatic rings. The molecule has 2 aliphatic heterocycles. The fourth-order valence-electron chi connectivity index (χ4n) is 5.86. The summed E-state index contributed by atoms with van der Waals surface area (Å²) in [6.07, 6.45) is 10.2. The number of amides is 1. The van der Waals surface area contributed by atoms with Crippen LogP contribution in [-0.2, 0) is 24.3 Å². The van der Waals surface area contributed by atoms with Gasteiger partial charge in [0.2, 0.25) is 11.9 Å². The van der Waals surface area contributed by atoms with Crippen molar-refractivity contribution < 1.29 is 13.9 Å². The highest BCUT2D eigenvalue weighted by Gasteiger charge is 2.43. The summed E-state index contributed by atoms with van der Waals surface area (Å²) in [6.45, 7) is 5.66. The van der Waals surface area contributed by atoms with E-state index in [9.17, 15) is 9.18 Å². The summed E-state index contributed by atoms with van der Waals surface area (Å²) in [5.74, 6) is 3.13. The molecule has 8 nitrogen and oxygen atoms in total. The van der Waals surface area contributed by atoms with E-state index in [4.69, 9.17) is 4.74 Å². The Morgan fingerprint density at radius 3 is 2.73 bits per heavy atom. The predicted octanol–water partition coefficient (Wildman–Crippen LogP) is 4.05. The van der Waals surface area contributed by atoms with Gasteiger partial charge < -0.3 is 14.5 Å². The molecule has 2 fully saturated rings. The average Bonchev–Trinajstić information content (AvgIpc) is 3.33. The SMILES string of the molecule is Cc1cnc(N2CCC([C@H]3C[C@H]3CCOc3ccc(CC(=O)N4Cc5cn[nH]c5C4)c(F)c3)CC2)nc1. The number of anilines is 1. The van der Waals surface area contributed by atoms with Crippen LogP contribution in [0.1, 0.15) is 48.1 Å². The highest BCUT2D eigenvalue weighted by Crippen LogP contribution is 2.49. The molecule has 1 aromatic carbocycles. The second-order valence-electron chi connectivity index (χ2n) is 10.7. The van der Waals surface area contributed by atoms with Crippen molar-refractivity contribution in [1.29, 1.82) is 0 Å². The largest absolute Gasteiger partial charge is 0.493 e. The minimum atomic E-state index is -0.390. The van der Waals surface area contributed by atoms with Crippen molar-refractivity contribution >= 4 is 11.9 Å². The van der Waals surface area contributed by atoms with Gasteiger partial charge in [0.25, 0.3) is 0 Å². The molecule has 0 unspecified atom stereocenters. The maximum atomic E-state index is 14.7. The molecule has 1 aliphatic carbocycles. The number of fused-ring (bicyclic) bond motifs is 1. The van der Waals surface area contributed by atoms with Gasteiger partial charge in [-0.1, -0.05) is 6.07 Å². The molecule has 2 atom stereocenters. The fraction of sp³-hybridized carbons (Fsp3) is 0.500. The van der Waals surface area contributed by atoms with Gasteiger partial charge in [0.1, 0.15) is 11.6 Å². The Labute approximate surface area is 216 Å². The van der Waals surface area contributed by atoms with Gasteiger partial charge in [-0.25, -0.2) is 14.4 Å². The first-order valence-corrected chi connectivity index (χ1v) is 13.3. The van der Waals surface area contributed by atoms with Crippen molar-refractivity contribution in [2.75, 3.05) is 24.6 Å². The molecular weight excluding hydrogens is 471 g/mol. The Kier molecular flexibility index (Phi) is 6.52. The van der Waals surface area contributed by atoms with E-state index >= 15 is 0 Å². The zero-order chi connectivity index (χ0) is 25.4. The maximum Gasteiger partial charge on any atom is 0.227 e. The number of ether oxygens (including phenoxy) is 1. The lowest BCUT2D eigenvalue weighted by molar-refractivity contribution is -0.131. The van der Waals surface area contributed by atoms with Crippen molar-refractivity contribution in [3.8, 4) is 5.75 Å². The second-order valence-corrected chi connectivity index (χ2v) is 10.7. The fourth-order valence-corrected chi connectivity index (χ4v) is 5.86. The van der Waals surface area contributed by atoms with Gasteiger partial charge in [0.05, 0.1) is 31.5 Å². The molecular formula is C28H33FN6O2. The van der Waals surface area contributed by atoms with Crippen molar-refractivity contribution in [2.24, 2.45) is 17.8 Å². The molecule has 1 N–H and O–H groups in total. The smallest absolute Gasteiger partial charge is 0.227 e. The first-order chi connectivity index (χ1) is 18.0. The molecule has 2 aromatic heterocycles. The van der Waals surface area contributed by atoms with E-state index in [1.54, 1.807) is 23.2 Å². The van der Waals surface area contributed by atoms with Gasteiger partial charge in [-0.3, -0.25) is 9.89 Å². The van der Waals surface area contributed by atoms with E-state index in [1.165, 1.54) is 25.3 Å². The first kappa shape index (κ1) is 23.9. The second kappa shape index (κ2) is 10.1. The molecule has 4 heterocycles. The lowest BCUT2D eigenvalue weighted by Gasteiger charge is -2.32. The highest BCUT2D eigenvalue weighted by molar-refractivity contribution is 5.79. The normalized spacial score (nSPS) is 21.2. The van der Waals surface area contributed by atoms with Gasteiger partial charge in [0, 0.05) is 43.7 Å². The van der Waals surface area contributed by atoms with Crippen LogP contribution in [0.5, 0.6) is 5.75 Å². The number of hydrogen-bond acceptors (Lipinski definition) is 6. The van der Waals surface area contributed by atoms with Crippen LogP contribution < -0.4 is 9.64 Å². The number of benzene rings is 1. The number of halogens is 1. The molecule has 1 amide bonds. The number of rotatable bonds is 8. The standard InChI is InChI=1S/C28H33FN6O2/c1-18-13-30-28(31-14-18)34-7-4-19(5-8-34)24-10-20(24)6-9-37-23-3-2-21(25(29)12-23)11-27(36)35-16-22-15-32-33-26(22)17-35/h2-3,12-15,19-20,24H,4-11,16-17H2,1H3,(H,32,33)/t20-,24-/m1/s1. The van der Waals surface area contributed by atoms with Crippen molar-refractivity contribution in [3.05, 3.63) is 65.0 Å². The Bertz CT molecular complexity index is 1230. The topological polar surface area (TPSA) is 87.2 Å².